The van der Waals surface area contributed by atoms with Crippen LogP contribution in [0.2, 0.25) is 5.02 Å². The molecule has 4 heteroatoms. The predicted octanol–water partition coefficient (Wildman–Crippen LogP) is 2.55. The number of carboxylic acids is 1. The number of hydrogen-bond donors (Lipinski definition) is 1. The van der Waals surface area contributed by atoms with Crippen LogP contribution >= 0.6 is 11.6 Å². The van der Waals surface area contributed by atoms with Crippen molar-refractivity contribution in [2.24, 2.45) is 0 Å². The predicted molar refractivity (Wildman–Crippen MR) is 57.2 cm³/mol. The third-order valence-corrected chi connectivity index (χ3v) is 2.09. The lowest BCUT2D eigenvalue weighted by Crippen LogP contribution is -2.06. The number of hydrogen-bond acceptors (Lipinski definition) is 2. The van der Waals surface area contributed by atoms with Crippen LogP contribution in [0, 0.1) is 0 Å². The Hall–Kier alpha value is -1.61. The highest BCUT2D eigenvalue weighted by atomic mass is 35.5. The first-order chi connectivity index (χ1) is 7.00. The van der Waals surface area contributed by atoms with E-state index in [1.165, 1.54) is 0 Å². The number of Topliss-reactive ketones (excluding diaryl/α,β-unsaturated/α-hetero) is 1. The van der Waals surface area contributed by atoms with Crippen molar-refractivity contribution in [3.63, 3.8) is 0 Å². The van der Waals surface area contributed by atoms with Crippen LogP contribution in [0.3, 0.4) is 0 Å². The van der Waals surface area contributed by atoms with Gasteiger partial charge in [0.2, 0.25) is 0 Å². The van der Waals surface area contributed by atoms with Crippen LogP contribution in [0.15, 0.2) is 36.4 Å². The molecule has 78 valence electrons. The Morgan fingerprint density at radius 1 is 1.27 bits per heavy atom. The molecular formula is C11H9ClO3. The molecule has 0 saturated heterocycles. The van der Waals surface area contributed by atoms with Gasteiger partial charge in [-0.05, 0) is 24.3 Å². The molecular weight excluding hydrogens is 216 g/mol. The maximum Gasteiger partial charge on any atom is 0.331 e. The van der Waals surface area contributed by atoms with E-state index in [0.717, 1.165) is 0 Å². The molecule has 0 aromatic heterocycles. The highest BCUT2D eigenvalue weighted by Crippen LogP contribution is 2.13. The number of benzene rings is 1. The van der Waals surface area contributed by atoms with Gasteiger partial charge in [-0.15, -0.1) is 0 Å². The molecule has 0 heterocycles. The average Bonchev–Trinajstić information content (AvgIpc) is 2.18. The van der Waals surface area contributed by atoms with Gasteiger partial charge in [0.15, 0.2) is 5.78 Å². The Kier molecular flexibility index (Phi) is 3.63. The van der Waals surface area contributed by atoms with E-state index in [4.69, 9.17) is 16.7 Å². The molecule has 0 unspecified atom stereocenters. The van der Waals surface area contributed by atoms with Gasteiger partial charge in [0.25, 0.3) is 0 Å². The second-order valence-electron chi connectivity index (χ2n) is 3.02. The SMILES string of the molecule is C=C(CC(=O)c1ccc(Cl)cc1)C(=O)O. The second-order valence-corrected chi connectivity index (χ2v) is 3.45. The van der Waals surface area contributed by atoms with Crippen LogP contribution < -0.4 is 0 Å². The van der Waals surface area contributed by atoms with Gasteiger partial charge in [0.05, 0.1) is 0 Å². The fourth-order valence-electron chi connectivity index (χ4n) is 1.01. The van der Waals surface area contributed by atoms with Gasteiger partial charge in [-0.2, -0.15) is 0 Å². The van der Waals surface area contributed by atoms with E-state index in [1.807, 2.05) is 0 Å². The van der Waals surface area contributed by atoms with E-state index in [9.17, 15) is 9.59 Å². The molecule has 1 aromatic carbocycles. The maximum atomic E-state index is 11.5. The van der Waals surface area contributed by atoms with Crippen molar-refractivity contribution in [2.75, 3.05) is 0 Å². The molecule has 0 aliphatic heterocycles. The first-order valence-corrected chi connectivity index (χ1v) is 4.58. The normalized spacial score (nSPS) is 9.67. The van der Waals surface area contributed by atoms with Gasteiger partial charge in [0, 0.05) is 22.6 Å². The van der Waals surface area contributed by atoms with Crippen LogP contribution in [0.25, 0.3) is 0 Å². The molecule has 0 spiro atoms. The summed E-state index contributed by atoms with van der Waals surface area (Å²) < 4.78 is 0. The van der Waals surface area contributed by atoms with Crippen LogP contribution in [0.1, 0.15) is 16.8 Å². The smallest absolute Gasteiger partial charge is 0.331 e. The number of rotatable bonds is 4. The molecule has 0 aliphatic carbocycles. The van der Waals surface area contributed by atoms with Crippen LogP contribution in [0.4, 0.5) is 0 Å². The summed E-state index contributed by atoms with van der Waals surface area (Å²) in [5, 5.41) is 9.08. The fraction of sp³-hybridized carbons (Fsp3) is 0.0909. The third kappa shape index (κ3) is 3.22. The van der Waals surface area contributed by atoms with Crippen molar-refractivity contribution in [2.45, 2.75) is 6.42 Å². The topological polar surface area (TPSA) is 54.4 Å². The molecule has 0 saturated carbocycles. The maximum absolute atomic E-state index is 11.5. The summed E-state index contributed by atoms with van der Waals surface area (Å²) >= 11 is 5.65. The van der Waals surface area contributed by atoms with E-state index < -0.39 is 5.97 Å². The number of carboxylic acid groups (broad SMARTS) is 1. The lowest BCUT2D eigenvalue weighted by Gasteiger charge is -2.00. The molecule has 0 aliphatic rings. The second kappa shape index (κ2) is 4.75. The van der Waals surface area contributed by atoms with Crippen molar-refractivity contribution < 1.29 is 14.7 Å². The van der Waals surface area contributed by atoms with E-state index in [-0.39, 0.29) is 17.8 Å². The van der Waals surface area contributed by atoms with E-state index in [0.29, 0.717) is 10.6 Å². The van der Waals surface area contributed by atoms with Gasteiger partial charge in [-0.25, -0.2) is 4.79 Å². The Bertz CT molecular complexity index is 406. The van der Waals surface area contributed by atoms with Gasteiger partial charge in [0.1, 0.15) is 0 Å². The van der Waals surface area contributed by atoms with E-state index in [1.54, 1.807) is 24.3 Å². The molecule has 1 rings (SSSR count). The van der Waals surface area contributed by atoms with Crippen molar-refractivity contribution in [3.8, 4) is 0 Å². The van der Waals surface area contributed by atoms with Crippen molar-refractivity contribution in [1.29, 1.82) is 0 Å². The molecule has 1 aromatic rings. The molecule has 0 fully saturated rings. The monoisotopic (exact) mass is 224 g/mol. The molecule has 1 N–H and O–H groups in total. The minimum absolute atomic E-state index is 0.116. The van der Waals surface area contributed by atoms with Gasteiger partial charge in [-0.3, -0.25) is 4.79 Å². The Balaban J connectivity index is 2.74. The van der Waals surface area contributed by atoms with E-state index in [2.05, 4.69) is 6.58 Å². The summed E-state index contributed by atoms with van der Waals surface area (Å²) in [6.07, 6.45) is -0.184. The molecule has 0 atom stereocenters. The zero-order valence-corrected chi connectivity index (χ0v) is 8.62. The van der Waals surface area contributed by atoms with Gasteiger partial charge in [-0.1, -0.05) is 18.2 Å². The number of aliphatic carboxylic acids is 1. The molecule has 0 bridgehead atoms. The number of halogens is 1. The zero-order chi connectivity index (χ0) is 11.4. The minimum Gasteiger partial charge on any atom is -0.478 e. The van der Waals surface area contributed by atoms with Gasteiger partial charge >= 0.3 is 5.97 Å². The van der Waals surface area contributed by atoms with Crippen LogP contribution in [-0.2, 0) is 4.79 Å². The highest BCUT2D eigenvalue weighted by Gasteiger charge is 2.11. The lowest BCUT2D eigenvalue weighted by molar-refractivity contribution is -0.132. The Morgan fingerprint density at radius 3 is 2.27 bits per heavy atom. The summed E-state index contributed by atoms with van der Waals surface area (Å²) in [5.74, 6) is -1.43. The van der Waals surface area contributed by atoms with Crippen molar-refractivity contribution >= 4 is 23.4 Å². The van der Waals surface area contributed by atoms with Crippen LogP contribution in [0.5, 0.6) is 0 Å². The standard InChI is InChI=1S/C11H9ClO3/c1-7(11(14)15)6-10(13)8-2-4-9(12)5-3-8/h2-5H,1,6H2,(H,14,15). The minimum atomic E-state index is -1.16. The van der Waals surface area contributed by atoms with E-state index >= 15 is 0 Å². The first-order valence-electron chi connectivity index (χ1n) is 4.20. The summed E-state index contributed by atoms with van der Waals surface area (Å²) in [6.45, 7) is 3.29. The van der Waals surface area contributed by atoms with Gasteiger partial charge < -0.3 is 5.11 Å². The highest BCUT2D eigenvalue weighted by molar-refractivity contribution is 6.30. The lowest BCUT2D eigenvalue weighted by atomic mass is 10.0. The largest absolute Gasteiger partial charge is 0.478 e. The Labute approximate surface area is 92.0 Å². The van der Waals surface area contributed by atoms with Crippen molar-refractivity contribution in [1.82, 2.24) is 0 Å². The molecule has 0 amide bonds. The zero-order valence-electron chi connectivity index (χ0n) is 7.87. The molecule has 3 nitrogen and oxygen atoms in total. The third-order valence-electron chi connectivity index (χ3n) is 1.84. The fourth-order valence-corrected chi connectivity index (χ4v) is 1.13. The summed E-state index contributed by atoms with van der Waals surface area (Å²) in [4.78, 5) is 22.0. The summed E-state index contributed by atoms with van der Waals surface area (Å²) in [5.41, 5.74) is 0.316. The number of carbonyl (C=O) groups excluding carboxylic acids is 1. The number of ketones is 1. The average molecular weight is 225 g/mol. The number of carbonyl (C=O) groups is 2. The van der Waals surface area contributed by atoms with Crippen molar-refractivity contribution in [3.05, 3.63) is 47.0 Å². The first kappa shape index (κ1) is 11.5. The molecule has 0 radical (unpaired) electrons. The molecule has 15 heavy (non-hydrogen) atoms. The Morgan fingerprint density at radius 2 is 1.80 bits per heavy atom. The van der Waals surface area contributed by atoms with Crippen LogP contribution in [-0.4, -0.2) is 16.9 Å². The quantitative estimate of drug-likeness (QED) is 0.632. The summed E-state index contributed by atoms with van der Waals surface area (Å²) in [7, 11) is 0. The summed E-state index contributed by atoms with van der Waals surface area (Å²) in [6, 6.07) is 6.27.